The lowest BCUT2D eigenvalue weighted by atomic mass is 9.71. The molecule has 1 amide bonds. The van der Waals surface area contributed by atoms with E-state index in [-0.39, 0.29) is 23.0 Å². The van der Waals surface area contributed by atoms with Gasteiger partial charge in [0.15, 0.2) is 0 Å². The molecule has 35 heavy (non-hydrogen) atoms. The van der Waals surface area contributed by atoms with Crippen LogP contribution in [0.25, 0.3) is 11.1 Å². The lowest BCUT2D eigenvalue weighted by Crippen LogP contribution is -2.57. The second-order valence-electron chi connectivity index (χ2n) is 11.5. The van der Waals surface area contributed by atoms with Gasteiger partial charge in [0.25, 0.3) is 5.91 Å². The maximum atomic E-state index is 13.8. The summed E-state index contributed by atoms with van der Waals surface area (Å²) in [6.45, 7) is 11.9. The highest BCUT2D eigenvalue weighted by molar-refractivity contribution is 6.00. The predicted molar refractivity (Wildman–Crippen MR) is 139 cm³/mol. The smallest absolute Gasteiger partial charge is 0.255 e. The first kappa shape index (κ1) is 23.6. The van der Waals surface area contributed by atoms with Gasteiger partial charge in [0.2, 0.25) is 0 Å². The molecule has 0 unspecified atom stereocenters. The van der Waals surface area contributed by atoms with E-state index < -0.39 is 0 Å². The molecule has 1 atom stereocenters. The van der Waals surface area contributed by atoms with Gasteiger partial charge in [-0.15, -0.1) is 0 Å². The van der Waals surface area contributed by atoms with Crippen molar-refractivity contribution in [1.29, 1.82) is 0 Å². The Kier molecular flexibility index (Phi) is 5.75. The minimum Gasteiger partial charge on any atom is -0.497 e. The largest absolute Gasteiger partial charge is 0.497 e. The molecular formula is C29H36N4O2. The molecule has 1 saturated heterocycles. The third-order valence-corrected chi connectivity index (χ3v) is 7.61. The summed E-state index contributed by atoms with van der Waals surface area (Å²) in [7, 11) is 1.67. The zero-order valence-corrected chi connectivity index (χ0v) is 21.6. The number of methoxy groups -OCH3 is 1. The van der Waals surface area contributed by atoms with E-state index >= 15 is 0 Å². The molecule has 3 aromatic rings. The number of aromatic amines is 1. The van der Waals surface area contributed by atoms with Crippen molar-refractivity contribution in [3.05, 3.63) is 71.0 Å². The van der Waals surface area contributed by atoms with Gasteiger partial charge >= 0.3 is 0 Å². The molecule has 1 aromatic heterocycles. The molecule has 5 rings (SSSR count). The molecule has 1 fully saturated rings. The van der Waals surface area contributed by atoms with E-state index in [4.69, 9.17) is 4.74 Å². The van der Waals surface area contributed by atoms with Crippen molar-refractivity contribution >= 4 is 5.91 Å². The standard InChI is InChI=1S/C29H36N4O2/c1-18(19-8-7-9-23(10-19)35-6)33-17-26-24(21-13-28(2,3)32-29(4,5)14-21)11-20(12-25(26)27(33)34)22-15-30-31-16-22/h7-12,15-16,18,21,32H,13-14,17H2,1-6H3,(H,30,31)/t18-/m1/s1. The first-order valence-electron chi connectivity index (χ1n) is 12.5. The van der Waals surface area contributed by atoms with E-state index in [1.54, 1.807) is 7.11 Å². The van der Waals surface area contributed by atoms with Crippen LogP contribution in [0.2, 0.25) is 0 Å². The Hall–Kier alpha value is -3.12. The fraction of sp³-hybridized carbons (Fsp3) is 0.448. The number of fused-ring (bicyclic) bond motifs is 1. The van der Waals surface area contributed by atoms with Gasteiger partial charge in [-0.1, -0.05) is 18.2 Å². The Morgan fingerprint density at radius 3 is 2.49 bits per heavy atom. The number of aromatic nitrogens is 2. The maximum absolute atomic E-state index is 13.8. The average Bonchev–Trinajstić information content (AvgIpc) is 3.45. The second-order valence-corrected chi connectivity index (χ2v) is 11.5. The summed E-state index contributed by atoms with van der Waals surface area (Å²) < 4.78 is 5.43. The van der Waals surface area contributed by atoms with Crippen LogP contribution in [0.4, 0.5) is 0 Å². The predicted octanol–water partition coefficient (Wildman–Crippen LogP) is 5.83. The molecule has 3 heterocycles. The molecule has 0 aliphatic carbocycles. The normalized spacial score (nSPS) is 20.1. The van der Waals surface area contributed by atoms with Gasteiger partial charge < -0.3 is 15.0 Å². The van der Waals surface area contributed by atoms with E-state index in [0.29, 0.717) is 12.5 Å². The quantitative estimate of drug-likeness (QED) is 0.490. The molecule has 2 aliphatic rings. The van der Waals surface area contributed by atoms with Crippen molar-refractivity contribution in [3.8, 4) is 16.9 Å². The monoisotopic (exact) mass is 472 g/mol. The molecular weight excluding hydrogens is 436 g/mol. The number of piperidine rings is 1. The van der Waals surface area contributed by atoms with Crippen molar-refractivity contribution in [2.24, 2.45) is 0 Å². The third-order valence-electron chi connectivity index (χ3n) is 7.61. The number of nitrogens with zero attached hydrogens (tertiary/aromatic N) is 2. The highest BCUT2D eigenvalue weighted by Crippen LogP contribution is 2.45. The van der Waals surface area contributed by atoms with Gasteiger partial charge in [-0.25, -0.2) is 0 Å². The topological polar surface area (TPSA) is 70.2 Å². The first-order chi connectivity index (χ1) is 16.6. The van der Waals surface area contributed by atoms with E-state index in [1.807, 2.05) is 35.5 Å². The van der Waals surface area contributed by atoms with Crippen molar-refractivity contribution in [3.63, 3.8) is 0 Å². The molecule has 6 heteroatoms. The molecule has 6 nitrogen and oxygen atoms in total. The highest BCUT2D eigenvalue weighted by Gasteiger charge is 2.41. The summed E-state index contributed by atoms with van der Waals surface area (Å²) >= 11 is 0. The van der Waals surface area contributed by atoms with Crippen LogP contribution in [0.3, 0.4) is 0 Å². The molecule has 0 radical (unpaired) electrons. The molecule has 0 saturated carbocycles. The van der Waals surface area contributed by atoms with Crippen LogP contribution in [0, 0.1) is 0 Å². The van der Waals surface area contributed by atoms with E-state index in [1.165, 1.54) is 11.1 Å². The number of benzene rings is 2. The van der Waals surface area contributed by atoms with Crippen LogP contribution >= 0.6 is 0 Å². The van der Waals surface area contributed by atoms with E-state index in [2.05, 4.69) is 68.3 Å². The molecule has 0 bridgehead atoms. The van der Waals surface area contributed by atoms with Crippen LogP contribution < -0.4 is 10.1 Å². The zero-order valence-electron chi connectivity index (χ0n) is 21.6. The Balaban J connectivity index is 1.58. The number of carbonyl (C=O) groups excluding carboxylic acids is 1. The number of H-pyrrole nitrogens is 1. The number of hydrogen-bond donors (Lipinski definition) is 2. The summed E-state index contributed by atoms with van der Waals surface area (Å²) in [5.41, 5.74) is 6.46. The third kappa shape index (κ3) is 4.47. The zero-order chi connectivity index (χ0) is 25.0. The second kappa shape index (κ2) is 8.52. The van der Waals surface area contributed by atoms with Crippen LogP contribution in [0.1, 0.15) is 86.5 Å². The number of ether oxygens (including phenoxy) is 1. The lowest BCUT2D eigenvalue weighted by molar-refractivity contribution is 0.0715. The maximum Gasteiger partial charge on any atom is 0.255 e. The minimum absolute atomic E-state index is 0.0150. The number of amides is 1. The average molecular weight is 473 g/mol. The van der Waals surface area contributed by atoms with E-state index in [0.717, 1.165) is 40.8 Å². The number of rotatable bonds is 5. The van der Waals surface area contributed by atoms with Gasteiger partial charge in [-0.3, -0.25) is 9.89 Å². The Bertz CT molecular complexity index is 1230. The molecule has 0 spiro atoms. The Labute approximate surface area is 208 Å². The fourth-order valence-corrected chi connectivity index (χ4v) is 6.33. The van der Waals surface area contributed by atoms with Crippen LogP contribution in [-0.2, 0) is 6.54 Å². The SMILES string of the molecule is COc1cccc([C@@H](C)N2Cc3c(cc(-c4cn[nH]c4)cc3C3CC(C)(C)NC(C)(C)C3)C2=O)c1. The van der Waals surface area contributed by atoms with Gasteiger partial charge in [0, 0.05) is 34.9 Å². The summed E-state index contributed by atoms with van der Waals surface area (Å²) in [5, 5.41) is 10.9. The number of nitrogens with one attached hydrogen (secondary N) is 2. The van der Waals surface area contributed by atoms with Gasteiger partial charge in [-0.05, 0) is 93.8 Å². The number of carbonyl (C=O) groups is 1. The molecule has 2 aromatic carbocycles. The summed E-state index contributed by atoms with van der Waals surface area (Å²) in [6.07, 6.45) is 5.78. The van der Waals surface area contributed by atoms with Crippen molar-refractivity contribution in [1.82, 2.24) is 20.4 Å². The van der Waals surface area contributed by atoms with Gasteiger partial charge in [0.05, 0.1) is 19.3 Å². The van der Waals surface area contributed by atoms with Crippen LogP contribution in [-0.4, -0.2) is 39.2 Å². The summed E-state index contributed by atoms with van der Waals surface area (Å²) in [4.78, 5) is 15.8. The van der Waals surface area contributed by atoms with Crippen molar-refractivity contribution in [2.45, 2.75) is 77.0 Å². The van der Waals surface area contributed by atoms with Gasteiger partial charge in [0.1, 0.15) is 5.75 Å². The Morgan fingerprint density at radius 1 is 1.09 bits per heavy atom. The number of hydrogen-bond acceptors (Lipinski definition) is 4. The molecule has 184 valence electrons. The first-order valence-corrected chi connectivity index (χ1v) is 12.5. The minimum atomic E-state index is -0.0591. The fourth-order valence-electron chi connectivity index (χ4n) is 6.33. The van der Waals surface area contributed by atoms with Crippen molar-refractivity contribution in [2.75, 3.05) is 7.11 Å². The molecule has 2 aliphatic heterocycles. The lowest BCUT2D eigenvalue weighted by Gasteiger charge is -2.47. The molecule has 2 N–H and O–H groups in total. The summed E-state index contributed by atoms with van der Waals surface area (Å²) in [5.74, 6) is 1.26. The van der Waals surface area contributed by atoms with Crippen LogP contribution in [0.15, 0.2) is 48.8 Å². The van der Waals surface area contributed by atoms with Gasteiger partial charge in [-0.2, -0.15) is 5.10 Å². The van der Waals surface area contributed by atoms with Crippen LogP contribution in [0.5, 0.6) is 5.75 Å². The van der Waals surface area contributed by atoms with E-state index in [9.17, 15) is 4.79 Å². The Morgan fingerprint density at radius 2 is 1.83 bits per heavy atom. The summed E-state index contributed by atoms with van der Waals surface area (Å²) in [6, 6.07) is 12.3. The van der Waals surface area contributed by atoms with Crippen molar-refractivity contribution < 1.29 is 9.53 Å². The highest BCUT2D eigenvalue weighted by atomic mass is 16.5.